The van der Waals surface area contributed by atoms with Crippen LogP contribution in [0.15, 0.2) is 42.5 Å². The van der Waals surface area contributed by atoms with Gasteiger partial charge in [-0.15, -0.1) is 0 Å². The standard InChI is InChI=1S/C24H27N3O4/c1-6-31-19-11-12-20-21(14-28)23(27(5)22(20)13-19)17-7-9-18(10-8-17)26(4)24(30)16(2)25(3)15-29/h7-16H,6H2,1-5H3. The molecule has 3 rings (SSSR count). The van der Waals surface area contributed by atoms with Crippen LogP contribution in [-0.2, 0) is 16.6 Å². The Labute approximate surface area is 181 Å². The molecule has 3 aromatic rings. The molecular weight excluding hydrogens is 394 g/mol. The highest BCUT2D eigenvalue weighted by atomic mass is 16.5. The van der Waals surface area contributed by atoms with Crippen molar-refractivity contribution in [3.05, 3.63) is 48.0 Å². The van der Waals surface area contributed by atoms with Crippen molar-refractivity contribution in [3.63, 3.8) is 0 Å². The van der Waals surface area contributed by atoms with Crippen LogP contribution in [0.3, 0.4) is 0 Å². The van der Waals surface area contributed by atoms with Crippen LogP contribution in [0.4, 0.5) is 5.69 Å². The fourth-order valence-corrected chi connectivity index (χ4v) is 3.69. The average molecular weight is 421 g/mol. The first-order valence-electron chi connectivity index (χ1n) is 10.1. The first kappa shape index (κ1) is 22.1. The van der Waals surface area contributed by atoms with E-state index in [9.17, 15) is 14.4 Å². The van der Waals surface area contributed by atoms with Gasteiger partial charge in [-0.2, -0.15) is 0 Å². The molecule has 0 radical (unpaired) electrons. The highest BCUT2D eigenvalue weighted by molar-refractivity contribution is 6.05. The predicted octanol–water partition coefficient (Wildman–Crippen LogP) is 3.50. The molecule has 0 bridgehead atoms. The maximum atomic E-state index is 12.6. The topological polar surface area (TPSA) is 71.8 Å². The summed E-state index contributed by atoms with van der Waals surface area (Å²) in [6, 6.07) is 12.6. The Morgan fingerprint density at radius 3 is 2.39 bits per heavy atom. The van der Waals surface area contributed by atoms with E-state index in [0.717, 1.165) is 34.2 Å². The summed E-state index contributed by atoms with van der Waals surface area (Å²) in [4.78, 5) is 38.4. The van der Waals surface area contributed by atoms with Crippen molar-refractivity contribution in [2.24, 2.45) is 7.05 Å². The molecule has 0 fully saturated rings. The molecule has 162 valence electrons. The first-order valence-corrected chi connectivity index (χ1v) is 10.1. The number of amides is 2. The third kappa shape index (κ3) is 4.03. The maximum absolute atomic E-state index is 12.6. The molecule has 1 heterocycles. The van der Waals surface area contributed by atoms with E-state index in [-0.39, 0.29) is 5.91 Å². The zero-order valence-electron chi connectivity index (χ0n) is 18.5. The number of ether oxygens (including phenoxy) is 1. The Kier molecular flexibility index (Phi) is 6.44. The number of anilines is 1. The Balaban J connectivity index is 1.98. The summed E-state index contributed by atoms with van der Waals surface area (Å²) in [7, 11) is 5.17. The van der Waals surface area contributed by atoms with Crippen molar-refractivity contribution in [1.82, 2.24) is 9.47 Å². The van der Waals surface area contributed by atoms with E-state index in [2.05, 4.69) is 0 Å². The van der Waals surface area contributed by atoms with Gasteiger partial charge in [0, 0.05) is 43.8 Å². The van der Waals surface area contributed by atoms with Crippen molar-refractivity contribution < 1.29 is 19.1 Å². The number of likely N-dealkylation sites (N-methyl/N-ethyl adjacent to an activating group) is 2. The predicted molar refractivity (Wildman–Crippen MR) is 122 cm³/mol. The van der Waals surface area contributed by atoms with Crippen molar-refractivity contribution in [2.45, 2.75) is 19.9 Å². The smallest absolute Gasteiger partial charge is 0.249 e. The first-order chi connectivity index (χ1) is 14.8. The van der Waals surface area contributed by atoms with Crippen molar-refractivity contribution in [2.75, 3.05) is 25.6 Å². The Hall–Kier alpha value is -3.61. The quantitative estimate of drug-likeness (QED) is 0.522. The molecule has 0 aliphatic rings. The molecule has 2 amide bonds. The average Bonchev–Trinajstić information content (AvgIpc) is 3.08. The molecule has 2 aromatic carbocycles. The van der Waals surface area contributed by atoms with Crippen LogP contribution < -0.4 is 9.64 Å². The summed E-state index contributed by atoms with van der Waals surface area (Å²) in [5.41, 5.74) is 3.88. The maximum Gasteiger partial charge on any atom is 0.249 e. The third-order valence-corrected chi connectivity index (χ3v) is 5.63. The van der Waals surface area contributed by atoms with Crippen LogP contribution in [0.25, 0.3) is 22.2 Å². The number of carbonyl (C=O) groups is 3. The molecule has 1 aromatic heterocycles. The van der Waals surface area contributed by atoms with Crippen LogP contribution in [-0.4, -0.2) is 54.8 Å². The number of rotatable bonds is 8. The number of aromatic nitrogens is 1. The molecular formula is C24H27N3O4. The van der Waals surface area contributed by atoms with E-state index in [0.29, 0.717) is 24.3 Å². The molecule has 0 aliphatic heterocycles. The largest absolute Gasteiger partial charge is 0.494 e. The summed E-state index contributed by atoms with van der Waals surface area (Å²) in [5, 5.41) is 0.859. The molecule has 7 heteroatoms. The van der Waals surface area contributed by atoms with Crippen LogP contribution in [0.5, 0.6) is 5.75 Å². The lowest BCUT2D eigenvalue weighted by molar-refractivity contribution is -0.129. The monoisotopic (exact) mass is 421 g/mol. The zero-order chi connectivity index (χ0) is 22.7. The van der Waals surface area contributed by atoms with Crippen LogP contribution in [0.1, 0.15) is 24.2 Å². The number of aryl methyl sites for hydroxylation is 1. The van der Waals surface area contributed by atoms with Gasteiger partial charge in [-0.25, -0.2) is 0 Å². The molecule has 1 atom stereocenters. The van der Waals surface area contributed by atoms with Gasteiger partial charge in [0.05, 0.1) is 17.8 Å². The second-order valence-electron chi connectivity index (χ2n) is 7.44. The van der Waals surface area contributed by atoms with Gasteiger partial charge in [0.1, 0.15) is 11.8 Å². The lowest BCUT2D eigenvalue weighted by Crippen LogP contribution is -2.43. The van der Waals surface area contributed by atoms with Gasteiger partial charge in [-0.05, 0) is 43.7 Å². The second-order valence-corrected chi connectivity index (χ2v) is 7.44. The number of hydrogen-bond donors (Lipinski definition) is 0. The van der Waals surface area contributed by atoms with Gasteiger partial charge in [0.15, 0.2) is 6.29 Å². The van der Waals surface area contributed by atoms with E-state index < -0.39 is 6.04 Å². The molecule has 0 saturated heterocycles. The number of fused-ring (bicyclic) bond motifs is 1. The summed E-state index contributed by atoms with van der Waals surface area (Å²) >= 11 is 0. The van der Waals surface area contributed by atoms with Crippen LogP contribution in [0, 0.1) is 0 Å². The number of carbonyl (C=O) groups excluding carboxylic acids is 3. The van der Waals surface area contributed by atoms with Gasteiger partial charge in [0.25, 0.3) is 0 Å². The minimum absolute atomic E-state index is 0.191. The molecule has 0 spiro atoms. The summed E-state index contributed by atoms with van der Waals surface area (Å²) in [6.45, 7) is 4.18. The minimum atomic E-state index is -0.568. The van der Waals surface area contributed by atoms with Gasteiger partial charge < -0.3 is 19.1 Å². The SMILES string of the molecule is CCOc1ccc2c(C=O)c(-c3ccc(N(C)C(=O)C(C)N(C)C=O)cc3)n(C)c2c1. The minimum Gasteiger partial charge on any atom is -0.494 e. The Morgan fingerprint density at radius 1 is 1.13 bits per heavy atom. The van der Waals surface area contributed by atoms with Crippen LogP contribution in [0.2, 0.25) is 0 Å². The second kappa shape index (κ2) is 9.04. The Morgan fingerprint density at radius 2 is 1.81 bits per heavy atom. The number of hydrogen-bond acceptors (Lipinski definition) is 4. The van der Waals surface area contributed by atoms with E-state index in [4.69, 9.17) is 4.74 Å². The van der Waals surface area contributed by atoms with Gasteiger partial charge in [-0.3, -0.25) is 14.4 Å². The van der Waals surface area contributed by atoms with Crippen LogP contribution >= 0.6 is 0 Å². The third-order valence-electron chi connectivity index (χ3n) is 5.63. The van der Waals surface area contributed by atoms with E-state index in [1.807, 2.05) is 61.0 Å². The summed E-state index contributed by atoms with van der Waals surface area (Å²) < 4.78 is 7.58. The summed E-state index contributed by atoms with van der Waals surface area (Å²) in [5.74, 6) is 0.563. The molecule has 0 aliphatic carbocycles. The fraction of sp³-hybridized carbons (Fsp3) is 0.292. The van der Waals surface area contributed by atoms with E-state index in [1.165, 1.54) is 9.80 Å². The van der Waals surface area contributed by atoms with Gasteiger partial charge in [0.2, 0.25) is 12.3 Å². The Bertz CT molecular complexity index is 1120. The van der Waals surface area contributed by atoms with Gasteiger partial charge in [-0.1, -0.05) is 12.1 Å². The van der Waals surface area contributed by atoms with Crippen molar-refractivity contribution in [1.29, 1.82) is 0 Å². The van der Waals surface area contributed by atoms with E-state index >= 15 is 0 Å². The normalized spacial score (nSPS) is 11.8. The number of nitrogens with zero attached hydrogens (tertiary/aromatic N) is 3. The molecule has 1 unspecified atom stereocenters. The van der Waals surface area contributed by atoms with Crippen molar-refractivity contribution in [3.8, 4) is 17.0 Å². The summed E-state index contributed by atoms with van der Waals surface area (Å²) in [6.07, 6.45) is 1.51. The lowest BCUT2D eigenvalue weighted by atomic mass is 10.1. The molecule has 7 nitrogen and oxygen atoms in total. The number of benzene rings is 2. The molecule has 0 N–H and O–H groups in total. The molecule has 31 heavy (non-hydrogen) atoms. The lowest BCUT2D eigenvalue weighted by Gasteiger charge is -2.25. The number of aldehydes is 1. The highest BCUT2D eigenvalue weighted by Crippen LogP contribution is 2.34. The van der Waals surface area contributed by atoms with Gasteiger partial charge >= 0.3 is 0 Å². The fourth-order valence-electron chi connectivity index (χ4n) is 3.69. The molecule has 0 saturated carbocycles. The highest BCUT2D eigenvalue weighted by Gasteiger charge is 2.22. The zero-order valence-corrected chi connectivity index (χ0v) is 18.5. The van der Waals surface area contributed by atoms with Crippen molar-refractivity contribution >= 4 is 35.2 Å². The van der Waals surface area contributed by atoms with E-state index in [1.54, 1.807) is 21.0 Å².